The first-order valence-electron chi connectivity index (χ1n) is 10.5. The van der Waals surface area contributed by atoms with Crippen molar-refractivity contribution in [3.63, 3.8) is 0 Å². The van der Waals surface area contributed by atoms with Gasteiger partial charge in [0.15, 0.2) is 5.56 Å². The molecule has 0 unspecified atom stereocenters. The second kappa shape index (κ2) is 7.02. The maximum Gasteiger partial charge on any atom is 0.345 e. The maximum atomic E-state index is 12.5. The zero-order valence-electron chi connectivity index (χ0n) is 17.0. The zero-order valence-corrected chi connectivity index (χ0v) is 17.0. The van der Waals surface area contributed by atoms with Crippen molar-refractivity contribution in [1.82, 2.24) is 14.5 Å². The van der Waals surface area contributed by atoms with Gasteiger partial charge in [0.2, 0.25) is 0 Å². The molecule has 156 valence electrons. The SMILES string of the molecule is Cn1c2c(c3cc(CN4CCCC4)ccc31)-c1[nH]c(=O)c(C(=O)O)c(O)c1CCC2. The molecule has 0 atom stereocenters. The number of hydrogen-bond donors (Lipinski definition) is 3. The Balaban J connectivity index is 1.74. The third-order valence-corrected chi connectivity index (χ3v) is 6.58. The van der Waals surface area contributed by atoms with E-state index in [0.717, 1.165) is 54.6 Å². The fourth-order valence-electron chi connectivity index (χ4n) is 5.13. The van der Waals surface area contributed by atoms with Crippen LogP contribution in [0.15, 0.2) is 23.0 Å². The molecule has 30 heavy (non-hydrogen) atoms. The number of likely N-dealkylation sites (tertiary alicyclic amines) is 1. The van der Waals surface area contributed by atoms with E-state index in [0.29, 0.717) is 17.7 Å². The number of fused-ring (bicyclic) bond motifs is 5. The van der Waals surface area contributed by atoms with E-state index in [2.05, 4.69) is 32.7 Å². The molecule has 1 saturated heterocycles. The number of aromatic nitrogens is 2. The number of aromatic hydroxyl groups is 1. The highest BCUT2D eigenvalue weighted by Crippen LogP contribution is 2.41. The Bertz CT molecular complexity index is 1230. The minimum absolute atomic E-state index is 0.403. The number of pyridine rings is 1. The molecule has 3 N–H and O–H groups in total. The van der Waals surface area contributed by atoms with Gasteiger partial charge in [-0.15, -0.1) is 0 Å². The van der Waals surface area contributed by atoms with Crippen molar-refractivity contribution in [3.05, 3.63) is 50.9 Å². The maximum absolute atomic E-state index is 12.5. The first-order chi connectivity index (χ1) is 14.5. The molecule has 5 rings (SSSR count). The Labute approximate surface area is 173 Å². The fourth-order valence-corrected chi connectivity index (χ4v) is 5.13. The Morgan fingerprint density at radius 3 is 2.67 bits per heavy atom. The quantitative estimate of drug-likeness (QED) is 0.620. The van der Waals surface area contributed by atoms with Gasteiger partial charge >= 0.3 is 5.97 Å². The molecule has 3 aromatic rings. The van der Waals surface area contributed by atoms with Crippen LogP contribution < -0.4 is 5.56 Å². The van der Waals surface area contributed by atoms with Crippen molar-refractivity contribution in [1.29, 1.82) is 0 Å². The van der Waals surface area contributed by atoms with Gasteiger partial charge < -0.3 is 19.8 Å². The predicted octanol–water partition coefficient (Wildman–Crippen LogP) is 3.02. The summed E-state index contributed by atoms with van der Waals surface area (Å²) in [7, 11) is 2.02. The largest absolute Gasteiger partial charge is 0.506 e. The van der Waals surface area contributed by atoms with E-state index in [-0.39, 0.29) is 0 Å². The van der Waals surface area contributed by atoms with E-state index >= 15 is 0 Å². The smallest absolute Gasteiger partial charge is 0.345 e. The first kappa shape index (κ1) is 18.9. The molecular formula is C23H25N3O4. The van der Waals surface area contributed by atoms with Gasteiger partial charge in [-0.05, 0) is 62.9 Å². The van der Waals surface area contributed by atoms with Crippen LogP contribution in [0.5, 0.6) is 5.75 Å². The standard InChI is InChI=1S/C23H25N3O4/c1-25-16-8-7-13(12-26-9-2-3-10-26)11-15(16)18-17(25)6-4-5-14-20(18)24-22(28)19(21(14)27)23(29)30/h7-8,11H,2-6,9-10,12H2,1H3,(H,29,30)(H2,24,27,28). The van der Waals surface area contributed by atoms with Crippen LogP contribution in [-0.4, -0.2) is 43.7 Å². The Morgan fingerprint density at radius 1 is 1.17 bits per heavy atom. The van der Waals surface area contributed by atoms with E-state index in [1.165, 1.54) is 18.4 Å². The molecule has 7 heteroatoms. The molecule has 1 fully saturated rings. The number of hydrogen-bond acceptors (Lipinski definition) is 4. The van der Waals surface area contributed by atoms with Gasteiger partial charge in [0.1, 0.15) is 5.75 Å². The van der Waals surface area contributed by atoms with Crippen molar-refractivity contribution in [2.75, 3.05) is 13.1 Å². The summed E-state index contributed by atoms with van der Waals surface area (Å²) in [6.45, 7) is 3.13. The molecule has 0 saturated carbocycles. The number of carboxylic acid groups (broad SMARTS) is 1. The van der Waals surface area contributed by atoms with Gasteiger partial charge in [0, 0.05) is 41.3 Å². The molecule has 0 radical (unpaired) electrons. The molecule has 3 heterocycles. The molecule has 1 aliphatic carbocycles. The van der Waals surface area contributed by atoms with Gasteiger partial charge in [0.05, 0.1) is 5.69 Å². The third kappa shape index (κ3) is 2.84. The first-order valence-corrected chi connectivity index (χ1v) is 10.5. The van der Waals surface area contributed by atoms with Crippen molar-refractivity contribution in [2.45, 2.75) is 38.6 Å². The number of carboxylic acids is 1. The number of aromatic amines is 1. The zero-order chi connectivity index (χ0) is 21.0. The van der Waals surface area contributed by atoms with Gasteiger partial charge in [-0.2, -0.15) is 0 Å². The number of aromatic carboxylic acids is 1. The number of aryl methyl sites for hydroxylation is 1. The number of nitrogens with one attached hydrogen (secondary N) is 1. The second-order valence-electron chi connectivity index (χ2n) is 8.41. The molecule has 7 nitrogen and oxygen atoms in total. The van der Waals surface area contributed by atoms with Gasteiger partial charge in [-0.1, -0.05) is 6.07 Å². The summed E-state index contributed by atoms with van der Waals surface area (Å²) in [4.78, 5) is 29.2. The molecular weight excluding hydrogens is 382 g/mol. The highest BCUT2D eigenvalue weighted by Gasteiger charge is 2.28. The molecule has 1 aliphatic heterocycles. The van der Waals surface area contributed by atoms with E-state index in [9.17, 15) is 19.8 Å². The number of nitrogens with zero attached hydrogens (tertiary/aromatic N) is 2. The normalized spacial score (nSPS) is 16.4. The molecule has 0 spiro atoms. The summed E-state index contributed by atoms with van der Waals surface area (Å²) in [5, 5.41) is 21.1. The van der Waals surface area contributed by atoms with Gasteiger partial charge in [-0.25, -0.2) is 4.79 Å². The van der Waals surface area contributed by atoms with E-state index in [1.54, 1.807) is 0 Å². The van der Waals surface area contributed by atoms with Crippen LogP contribution in [-0.2, 0) is 26.4 Å². The van der Waals surface area contributed by atoms with Gasteiger partial charge in [0.25, 0.3) is 5.56 Å². The molecule has 1 aromatic carbocycles. The van der Waals surface area contributed by atoms with Gasteiger partial charge in [-0.3, -0.25) is 9.69 Å². The van der Waals surface area contributed by atoms with E-state index in [1.807, 2.05) is 7.05 Å². The van der Waals surface area contributed by atoms with Crippen LogP contribution in [0.2, 0.25) is 0 Å². The van der Waals surface area contributed by atoms with Crippen LogP contribution in [0.3, 0.4) is 0 Å². The second-order valence-corrected chi connectivity index (χ2v) is 8.41. The summed E-state index contributed by atoms with van der Waals surface area (Å²) in [5.74, 6) is -1.81. The lowest BCUT2D eigenvalue weighted by atomic mass is 9.99. The van der Waals surface area contributed by atoms with Crippen molar-refractivity contribution >= 4 is 16.9 Å². The van der Waals surface area contributed by atoms with Crippen molar-refractivity contribution < 1.29 is 15.0 Å². The Hall–Kier alpha value is -3.06. The Morgan fingerprint density at radius 2 is 1.93 bits per heavy atom. The van der Waals surface area contributed by atoms with Crippen molar-refractivity contribution in [2.24, 2.45) is 7.05 Å². The molecule has 0 bridgehead atoms. The molecule has 2 aliphatic rings. The summed E-state index contributed by atoms with van der Waals surface area (Å²) < 4.78 is 2.15. The summed E-state index contributed by atoms with van der Waals surface area (Å²) >= 11 is 0. The lowest BCUT2D eigenvalue weighted by molar-refractivity contribution is 0.0691. The molecule has 0 amide bonds. The minimum Gasteiger partial charge on any atom is -0.506 e. The number of H-pyrrole nitrogens is 1. The van der Waals surface area contributed by atoms with Crippen LogP contribution >= 0.6 is 0 Å². The average Bonchev–Trinajstić information content (AvgIpc) is 3.24. The lowest BCUT2D eigenvalue weighted by Crippen LogP contribution is -2.20. The third-order valence-electron chi connectivity index (χ3n) is 6.58. The number of carbonyl (C=O) groups is 1. The summed E-state index contributed by atoms with van der Waals surface area (Å²) in [5.41, 5.74) is 4.02. The number of benzene rings is 1. The minimum atomic E-state index is -1.41. The Kier molecular flexibility index (Phi) is 4.43. The van der Waals surface area contributed by atoms with E-state index in [4.69, 9.17) is 0 Å². The van der Waals surface area contributed by atoms with Crippen LogP contribution in [0.4, 0.5) is 0 Å². The van der Waals surface area contributed by atoms with Crippen molar-refractivity contribution in [3.8, 4) is 17.0 Å². The summed E-state index contributed by atoms with van der Waals surface area (Å²) in [6.07, 6.45) is 4.55. The van der Waals surface area contributed by atoms with E-state index < -0.39 is 22.8 Å². The van der Waals surface area contributed by atoms with Crippen LogP contribution in [0.1, 0.15) is 46.4 Å². The molecule has 2 aromatic heterocycles. The fraction of sp³-hybridized carbons (Fsp3) is 0.391. The van der Waals surface area contributed by atoms with Crippen LogP contribution in [0, 0.1) is 0 Å². The lowest BCUT2D eigenvalue weighted by Gasteiger charge is -2.15. The monoisotopic (exact) mass is 407 g/mol. The summed E-state index contributed by atoms with van der Waals surface area (Å²) in [6, 6.07) is 6.47. The topological polar surface area (TPSA) is 98.6 Å². The highest BCUT2D eigenvalue weighted by atomic mass is 16.4. The average molecular weight is 407 g/mol. The van der Waals surface area contributed by atoms with Crippen LogP contribution in [0.25, 0.3) is 22.2 Å². The predicted molar refractivity (Wildman–Crippen MR) is 114 cm³/mol. The highest BCUT2D eigenvalue weighted by molar-refractivity contribution is 6.00. The number of rotatable bonds is 3.